The fourth-order valence-electron chi connectivity index (χ4n) is 1.61. The number of rotatable bonds is 6. The Balaban J connectivity index is 2.73. The van der Waals surface area contributed by atoms with E-state index >= 15 is 0 Å². The van der Waals surface area contributed by atoms with Crippen molar-refractivity contribution in [3.05, 3.63) is 18.1 Å². The maximum atomic E-state index is 11.3. The van der Waals surface area contributed by atoms with Crippen molar-refractivity contribution in [2.24, 2.45) is 5.41 Å². The van der Waals surface area contributed by atoms with Crippen molar-refractivity contribution >= 4 is 11.8 Å². The molecule has 2 N–H and O–H groups in total. The molecule has 0 atom stereocenters. The van der Waals surface area contributed by atoms with Gasteiger partial charge in [-0.3, -0.25) is 4.79 Å². The SMILES string of the molecule is CCC(CC)(CNc1cnc(C#N)cn1)C(=O)O. The van der Waals surface area contributed by atoms with E-state index in [4.69, 9.17) is 5.26 Å². The number of aromatic nitrogens is 2. The molecule has 0 aliphatic rings. The van der Waals surface area contributed by atoms with Gasteiger partial charge in [-0.25, -0.2) is 9.97 Å². The van der Waals surface area contributed by atoms with Gasteiger partial charge in [0.1, 0.15) is 11.9 Å². The Morgan fingerprint density at radius 1 is 1.44 bits per heavy atom. The molecule has 0 aromatic carbocycles. The van der Waals surface area contributed by atoms with Gasteiger partial charge in [-0.15, -0.1) is 0 Å². The third-order valence-electron chi connectivity index (χ3n) is 3.18. The van der Waals surface area contributed by atoms with Crippen LogP contribution in [0, 0.1) is 16.7 Å². The van der Waals surface area contributed by atoms with Gasteiger partial charge in [-0.2, -0.15) is 5.26 Å². The topological polar surface area (TPSA) is 98.9 Å². The normalized spacial score (nSPS) is 10.7. The summed E-state index contributed by atoms with van der Waals surface area (Å²) in [6.45, 7) is 3.99. The Morgan fingerprint density at radius 2 is 2.11 bits per heavy atom. The molecule has 0 aliphatic heterocycles. The Kier molecular flexibility index (Phi) is 4.60. The summed E-state index contributed by atoms with van der Waals surface area (Å²) < 4.78 is 0. The van der Waals surface area contributed by atoms with E-state index in [0.717, 1.165) is 0 Å². The van der Waals surface area contributed by atoms with E-state index in [0.29, 0.717) is 18.7 Å². The molecule has 1 aromatic heterocycles. The van der Waals surface area contributed by atoms with Crippen LogP contribution in [0.3, 0.4) is 0 Å². The summed E-state index contributed by atoms with van der Waals surface area (Å²) in [5.41, 5.74) is -0.564. The summed E-state index contributed by atoms with van der Waals surface area (Å²) >= 11 is 0. The molecule has 6 heteroatoms. The number of carboxylic acid groups (broad SMARTS) is 1. The van der Waals surface area contributed by atoms with Crippen molar-refractivity contribution in [2.75, 3.05) is 11.9 Å². The zero-order valence-corrected chi connectivity index (χ0v) is 10.5. The highest BCUT2D eigenvalue weighted by Crippen LogP contribution is 2.26. The monoisotopic (exact) mass is 248 g/mol. The van der Waals surface area contributed by atoms with Crippen molar-refractivity contribution in [3.8, 4) is 6.07 Å². The lowest BCUT2D eigenvalue weighted by Gasteiger charge is -2.26. The molecule has 1 aromatic rings. The van der Waals surface area contributed by atoms with Crippen LogP contribution in [-0.2, 0) is 4.79 Å². The predicted octanol–water partition coefficient (Wildman–Crippen LogP) is 1.65. The molecule has 0 radical (unpaired) electrons. The van der Waals surface area contributed by atoms with Crippen LogP contribution >= 0.6 is 0 Å². The number of nitrogens with one attached hydrogen (secondary N) is 1. The first kappa shape index (κ1) is 13.9. The second-order valence-electron chi connectivity index (χ2n) is 4.04. The number of anilines is 1. The van der Waals surface area contributed by atoms with E-state index in [2.05, 4.69) is 15.3 Å². The zero-order valence-electron chi connectivity index (χ0n) is 10.5. The second kappa shape index (κ2) is 5.96. The minimum atomic E-state index is -0.818. The molecule has 1 heterocycles. The fourth-order valence-corrected chi connectivity index (χ4v) is 1.61. The third-order valence-corrected chi connectivity index (χ3v) is 3.18. The summed E-state index contributed by atoms with van der Waals surface area (Å²) in [6.07, 6.45) is 3.85. The quantitative estimate of drug-likeness (QED) is 0.794. The van der Waals surface area contributed by atoms with Crippen molar-refractivity contribution in [3.63, 3.8) is 0 Å². The Hall–Kier alpha value is -2.16. The van der Waals surface area contributed by atoms with Crippen LogP contribution in [-0.4, -0.2) is 27.6 Å². The molecule has 1 rings (SSSR count). The van der Waals surface area contributed by atoms with E-state index in [1.165, 1.54) is 12.4 Å². The molecule has 6 nitrogen and oxygen atoms in total. The summed E-state index contributed by atoms with van der Waals surface area (Å²) in [6, 6.07) is 1.87. The van der Waals surface area contributed by atoms with Gasteiger partial charge >= 0.3 is 5.97 Å². The van der Waals surface area contributed by atoms with E-state index in [1.807, 2.05) is 19.9 Å². The minimum absolute atomic E-state index is 0.232. The first-order chi connectivity index (χ1) is 8.57. The smallest absolute Gasteiger partial charge is 0.311 e. The number of hydrogen-bond acceptors (Lipinski definition) is 5. The van der Waals surface area contributed by atoms with Crippen LogP contribution in [0.4, 0.5) is 5.82 Å². The average Bonchev–Trinajstić information content (AvgIpc) is 2.41. The molecule has 0 aliphatic carbocycles. The lowest BCUT2D eigenvalue weighted by Crippen LogP contribution is -2.37. The second-order valence-corrected chi connectivity index (χ2v) is 4.04. The van der Waals surface area contributed by atoms with Crippen LogP contribution in [0.15, 0.2) is 12.4 Å². The van der Waals surface area contributed by atoms with E-state index < -0.39 is 11.4 Å². The summed E-state index contributed by atoms with van der Waals surface area (Å²) in [7, 11) is 0. The molecule has 0 saturated carbocycles. The Morgan fingerprint density at radius 3 is 2.50 bits per heavy atom. The predicted molar refractivity (Wildman–Crippen MR) is 65.9 cm³/mol. The average molecular weight is 248 g/mol. The minimum Gasteiger partial charge on any atom is -0.481 e. The molecular formula is C12H16N4O2. The Labute approximate surface area is 106 Å². The van der Waals surface area contributed by atoms with Gasteiger partial charge in [0.25, 0.3) is 0 Å². The first-order valence-corrected chi connectivity index (χ1v) is 5.77. The van der Waals surface area contributed by atoms with Gasteiger partial charge in [-0.1, -0.05) is 13.8 Å². The summed E-state index contributed by atoms with van der Waals surface area (Å²) in [4.78, 5) is 19.1. The zero-order chi connectivity index (χ0) is 13.6. The van der Waals surface area contributed by atoms with Crippen molar-refractivity contribution in [2.45, 2.75) is 26.7 Å². The van der Waals surface area contributed by atoms with Crippen LogP contribution in [0.1, 0.15) is 32.4 Å². The van der Waals surface area contributed by atoms with Gasteiger partial charge in [-0.05, 0) is 12.8 Å². The molecular weight excluding hydrogens is 232 g/mol. The highest BCUT2D eigenvalue weighted by molar-refractivity contribution is 5.75. The fraction of sp³-hybridized carbons (Fsp3) is 0.500. The van der Waals surface area contributed by atoms with E-state index in [9.17, 15) is 9.90 Å². The number of carboxylic acids is 1. The largest absolute Gasteiger partial charge is 0.481 e. The number of nitriles is 1. The standard InChI is InChI=1S/C12H16N4O2/c1-3-12(4-2,11(17)18)8-16-10-7-14-9(5-13)6-15-10/h6-7H,3-4,8H2,1-2H3,(H,15,16)(H,17,18). The van der Waals surface area contributed by atoms with E-state index in [-0.39, 0.29) is 12.2 Å². The lowest BCUT2D eigenvalue weighted by atomic mass is 9.82. The maximum Gasteiger partial charge on any atom is 0.311 e. The van der Waals surface area contributed by atoms with Crippen molar-refractivity contribution in [1.82, 2.24) is 9.97 Å². The summed E-state index contributed by atoms with van der Waals surface area (Å²) in [5.74, 6) is -0.344. The Bertz CT molecular complexity index is 446. The van der Waals surface area contributed by atoms with Gasteiger partial charge in [0.15, 0.2) is 5.69 Å². The van der Waals surface area contributed by atoms with E-state index in [1.54, 1.807) is 0 Å². The molecule has 96 valence electrons. The van der Waals surface area contributed by atoms with Crippen LogP contribution in [0.25, 0.3) is 0 Å². The number of hydrogen-bond donors (Lipinski definition) is 2. The molecule has 18 heavy (non-hydrogen) atoms. The maximum absolute atomic E-state index is 11.3. The highest BCUT2D eigenvalue weighted by atomic mass is 16.4. The lowest BCUT2D eigenvalue weighted by molar-refractivity contribution is -0.148. The van der Waals surface area contributed by atoms with Crippen LogP contribution in [0.5, 0.6) is 0 Å². The van der Waals surface area contributed by atoms with Crippen LogP contribution in [0.2, 0.25) is 0 Å². The number of carbonyl (C=O) groups is 1. The first-order valence-electron chi connectivity index (χ1n) is 5.77. The van der Waals surface area contributed by atoms with Gasteiger partial charge in [0.2, 0.25) is 0 Å². The third kappa shape index (κ3) is 2.94. The highest BCUT2D eigenvalue weighted by Gasteiger charge is 2.34. The van der Waals surface area contributed by atoms with Gasteiger partial charge in [0.05, 0.1) is 17.8 Å². The van der Waals surface area contributed by atoms with Gasteiger partial charge < -0.3 is 10.4 Å². The van der Waals surface area contributed by atoms with Gasteiger partial charge in [0, 0.05) is 6.54 Å². The summed E-state index contributed by atoms with van der Waals surface area (Å²) in [5, 5.41) is 20.8. The molecule has 0 amide bonds. The molecule has 0 saturated heterocycles. The molecule has 0 spiro atoms. The molecule has 0 unspecified atom stereocenters. The molecule has 0 bridgehead atoms. The van der Waals surface area contributed by atoms with Crippen molar-refractivity contribution in [1.29, 1.82) is 5.26 Å². The number of nitrogens with zero attached hydrogens (tertiary/aromatic N) is 3. The van der Waals surface area contributed by atoms with Crippen molar-refractivity contribution < 1.29 is 9.90 Å². The number of aliphatic carboxylic acids is 1. The van der Waals surface area contributed by atoms with Crippen LogP contribution < -0.4 is 5.32 Å². The molecule has 0 fully saturated rings.